The number of benzene rings is 1. The third-order valence-corrected chi connectivity index (χ3v) is 3.27. The summed E-state index contributed by atoms with van der Waals surface area (Å²) in [7, 11) is 0. The van der Waals surface area contributed by atoms with Gasteiger partial charge < -0.3 is 9.73 Å². The van der Waals surface area contributed by atoms with Crippen molar-refractivity contribution in [3.63, 3.8) is 0 Å². The highest BCUT2D eigenvalue weighted by Crippen LogP contribution is 2.29. The molecule has 0 aliphatic rings. The van der Waals surface area contributed by atoms with Gasteiger partial charge in [-0.1, -0.05) is 22.9 Å². The van der Waals surface area contributed by atoms with E-state index in [1.54, 1.807) is 6.07 Å². The average molecular weight is 330 g/mol. The molecule has 0 spiro atoms. The van der Waals surface area contributed by atoms with E-state index in [9.17, 15) is 8.78 Å². The van der Waals surface area contributed by atoms with Gasteiger partial charge in [0.25, 0.3) is 0 Å². The topological polar surface area (TPSA) is 25.2 Å². The lowest BCUT2D eigenvalue weighted by Crippen LogP contribution is -2.24. The monoisotopic (exact) mass is 329 g/mol. The maximum atomic E-state index is 14.0. The van der Waals surface area contributed by atoms with Gasteiger partial charge in [-0.3, -0.25) is 0 Å². The van der Waals surface area contributed by atoms with Crippen molar-refractivity contribution in [1.82, 2.24) is 5.32 Å². The molecule has 0 saturated carbocycles. The minimum atomic E-state index is -0.582. The van der Waals surface area contributed by atoms with Gasteiger partial charge in [0.1, 0.15) is 11.6 Å². The zero-order valence-electron chi connectivity index (χ0n) is 10.4. The summed E-state index contributed by atoms with van der Waals surface area (Å²) >= 11 is 3.08. The number of furan rings is 1. The summed E-state index contributed by atoms with van der Waals surface area (Å²) in [4.78, 5) is 0. The van der Waals surface area contributed by atoms with Crippen molar-refractivity contribution in [2.24, 2.45) is 0 Å². The summed E-state index contributed by atoms with van der Waals surface area (Å²) in [6.07, 6.45) is 3.85. The van der Waals surface area contributed by atoms with E-state index in [1.807, 2.05) is 6.92 Å². The summed E-state index contributed by atoms with van der Waals surface area (Å²) < 4.78 is 33.5. The molecule has 5 heteroatoms. The minimum absolute atomic E-state index is 0.0121. The highest BCUT2D eigenvalue weighted by molar-refractivity contribution is 9.10. The molecule has 1 N–H and O–H groups in total. The fourth-order valence-electron chi connectivity index (χ4n) is 1.94. The van der Waals surface area contributed by atoms with Gasteiger partial charge in [-0.2, -0.15) is 0 Å². The highest BCUT2D eigenvalue weighted by atomic mass is 79.9. The Hall–Kier alpha value is -1.20. The second-order valence-electron chi connectivity index (χ2n) is 4.23. The van der Waals surface area contributed by atoms with Crippen LogP contribution in [0, 0.1) is 11.6 Å². The van der Waals surface area contributed by atoms with Crippen LogP contribution < -0.4 is 5.32 Å². The number of hydrogen-bond donors (Lipinski definition) is 1. The van der Waals surface area contributed by atoms with E-state index in [0.29, 0.717) is 16.6 Å². The molecule has 102 valence electrons. The van der Waals surface area contributed by atoms with Crippen LogP contribution in [-0.4, -0.2) is 6.54 Å². The van der Waals surface area contributed by atoms with Gasteiger partial charge >= 0.3 is 0 Å². The Labute approximate surface area is 118 Å². The fraction of sp³-hybridized carbons (Fsp3) is 0.286. The van der Waals surface area contributed by atoms with Gasteiger partial charge in [0.15, 0.2) is 0 Å². The van der Waals surface area contributed by atoms with Crippen molar-refractivity contribution in [2.45, 2.75) is 19.4 Å². The molecule has 0 fully saturated rings. The van der Waals surface area contributed by atoms with Crippen molar-refractivity contribution < 1.29 is 13.2 Å². The molecule has 2 rings (SSSR count). The lowest BCUT2D eigenvalue weighted by Gasteiger charge is -2.19. The van der Waals surface area contributed by atoms with Crippen molar-refractivity contribution in [2.75, 3.05) is 6.54 Å². The number of rotatable bonds is 5. The standard InChI is InChI=1S/C14H14BrF2NO/c1-2-4-18-14(9-3-5-19-8-9)13-11(16)6-10(15)7-12(13)17/h3,5-8,14,18H,2,4H2,1H3. The SMILES string of the molecule is CCCNC(c1ccoc1)c1c(F)cc(Br)cc1F. The first kappa shape index (κ1) is 14.2. The van der Waals surface area contributed by atoms with Crippen molar-refractivity contribution in [3.8, 4) is 0 Å². The van der Waals surface area contributed by atoms with Crippen LogP contribution in [0.25, 0.3) is 0 Å². The Morgan fingerprint density at radius 1 is 1.32 bits per heavy atom. The molecule has 1 unspecified atom stereocenters. The zero-order valence-corrected chi connectivity index (χ0v) is 12.0. The quantitative estimate of drug-likeness (QED) is 0.878. The maximum Gasteiger partial charge on any atom is 0.132 e. The van der Waals surface area contributed by atoms with E-state index >= 15 is 0 Å². The van der Waals surface area contributed by atoms with E-state index < -0.39 is 17.7 Å². The second-order valence-corrected chi connectivity index (χ2v) is 5.14. The van der Waals surface area contributed by atoms with E-state index in [1.165, 1.54) is 24.7 Å². The Morgan fingerprint density at radius 2 is 2.00 bits per heavy atom. The molecule has 0 saturated heterocycles. The molecule has 0 bridgehead atoms. The van der Waals surface area contributed by atoms with Gasteiger partial charge in [0, 0.05) is 15.6 Å². The maximum absolute atomic E-state index is 14.0. The smallest absolute Gasteiger partial charge is 0.132 e. The first-order chi connectivity index (χ1) is 9.13. The molecule has 1 aromatic heterocycles. The van der Waals surface area contributed by atoms with Crippen LogP contribution in [0.15, 0.2) is 39.6 Å². The third-order valence-electron chi connectivity index (χ3n) is 2.81. The molecule has 19 heavy (non-hydrogen) atoms. The van der Waals surface area contributed by atoms with Crippen molar-refractivity contribution in [1.29, 1.82) is 0 Å². The Morgan fingerprint density at radius 3 is 2.53 bits per heavy atom. The highest BCUT2D eigenvalue weighted by Gasteiger charge is 2.22. The molecular formula is C14H14BrF2NO. The second kappa shape index (κ2) is 6.30. The summed E-state index contributed by atoms with van der Waals surface area (Å²) in [6, 6.07) is 3.68. The summed E-state index contributed by atoms with van der Waals surface area (Å²) in [5, 5.41) is 3.13. The van der Waals surface area contributed by atoms with E-state index in [-0.39, 0.29) is 5.56 Å². The minimum Gasteiger partial charge on any atom is -0.472 e. The largest absolute Gasteiger partial charge is 0.472 e. The van der Waals surface area contributed by atoms with Gasteiger partial charge in [-0.05, 0) is 31.2 Å². The van der Waals surface area contributed by atoms with Crippen molar-refractivity contribution in [3.05, 3.63) is 58.0 Å². The molecule has 0 amide bonds. The molecule has 1 atom stereocenters. The van der Waals surface area contributed by atoms with Crippen LogP contribution in [-0.2, 0) is 0 Å². The van der Waals surface area contributed by atoms with Crippen LogP contribution in [0.5, 0.6) is 0 Å². The third kappa shape index (κ3) is 3.22. The number of halogens is 3. The average Bonchev–Trinajstić information content (AvgIpc) is 2.85. The van der Waals surface area contributed by atoms with Crippen LogP contribution in [0.4, 0.5) is 8.78 Å². The summed E-state index contributed by atoms with van der Waals surface area (Å²) in [6.45, 7) is 2.65. The predicted octanol–water partition coefficient (Wildman–Crippen LogP) is 4.41. The molecule has 0 radical (unpaired) electrons. The Balaban J connectivity index is 2.44. The first-order valence-electron chi connectivity index (χ1n) is 6.03. The molecular weight excluding hydrogens is 316 g/mol. The molecule has 0 aliphatic heterocycles. The van der Waals surface area contributed by atoms with Gasteiger partial charge in [-0.15, -0.1) is 0 Å². The van der Waals surface area contributed by atoms with E-state index in [0.717, 1.165) is 6.42 Å². The Kier molecular flexibility index (Phi) is 4.71. The van der Waals surface area contributed by atoms with Gasteiger partial charge in [0.2, 0.25) is 0 Å². The van der Waals surface area contributed by atoms with E-state index in [2.05, 4.69) is 21.2 Å². The van der Waals surface area contributed by atoms with E-state index in [4.69, 9.17) is 4.42 Å². The normalized spacial score (nSPS) is 12.6. The van der Waals surface area contributed by atoms with Gasteiger partial charge in [0.05, 0.1) is 18.6 Å². The summed E-state index contributed by atoms with van der Waals surface area (Å²) in [5.74, 6) is -1.16. The molecule has 2 aromatic rings. The lowest BCUT2D eigenvalue weighted by atomic mass is 10.00. The fourth-order valence-corrected chi connectivity index (χ4v) is 2.35. The first-order valence-corrected chi connectivity index (χ1v) is 6.82. The van der Waals surface area contributed by atoms with Crippen LogP contribution in [0.3, 0.4) is 0 Å². The zero-order chi connectivity index (χ0) is 13.8. The number of hydrogen-bond acceptors (Lipinski definition) is 2. The lowest BCUT2D eigenvalue weighted by molar-refractivity contribution is 0.496. The molecule has 0 aliphatic carbocycles. The number of nitrogens with one attached hydrogen (secondary N) is 1. The predicted molar refractivity (Wildman–Crippen MR) is 72.9 cm³/mol. The molecule has 2 nitrogen and oxygen atoms in total. The van der Waals surface area contributed by atoms with Crippen LogP contribution in [0.1, 0.15) is 30.5 Å². The van der Waals surface area contributed by atoms with Crippen molar-refractivity contribution >= 4 is 15.9 Å². The Bertz CT molecular complexity index is 519. The molecule has 1 aromatic carbocycles. The summed E-state index contributed by atoms with van der Waals surface area (Å²) in [5.41, 5.74) is 0.714. The van der Waals surface area contributed by atoms with Gasteiger partial charge in [-0.25, -0.2) is 8.78 Å². The molecule has 1 heterocycles. The van der Waals surface area contributed by atoms with Crippen LogP contribution in [0.2, 0.25) is 0 Å². The van der Waals surface area contributed by atoms with Crippen LogP contribution >= 0.6 is 15.9 Å².